The Bertz CT molecular complexity index is 1100. The summed E-state index contributed by atoms with van der Waals surface area (Å²) in [5.41, 5.74) is -1.48. The van der Waals surface area contributed by atoms with Crippen molar-refractivity contribution in [2.24, 2.45) is 11.8 Å². The minimum absolute atomic E-state index is 0.0751. The Morgan fingerprint density at radius 1 is 1.06 bits per heavy atom. The van der Waals surface area contributed by atoms with Crippen LogP contribution in [0, 0.1) is 23.5 Å². The predicted octanol–water partition coefficient (Wildman–Crippen LogP) is 4.45. The Hall–Kier alpha value is -2.20. The smallest absolute Gasteiger partial charge is 0.416 e. The zero-order chi connectivity index (χ0) is 22.6. The van der Waals surface area contributed by atoms with E-state index in [9.17, 15) is 31.1 Å². The minimum Gasteiger partial charge on any atom is -0.490 e. The number of hydrogen-bond acceptors (Lipinski definition) is 4. The van der Waals surface area contributed by atoms with Crippen molar-refractivity contribution < 1.29 is 40.2 Å². The number of ether oxygens (including phenoxy) is 1. The molecule has 4 rings (SSSR count). The molecule has 4 nitrogen and oxygen atoms in total. The van der Waals surface area contributed by atoms with Crippen molar-refractivity contribution in [3.63, 3.8) is 0 Å². The number of halogens is 5. The lowest BCUT2D eigenvalue weighted by Gasteiger charge is -2.50. The third kappa shape index (κ3) is 3.22. The lowest BCUT2D eigenvalue weighted by atomic mass is 9.67. The SMILES string of the molecule is O=S(=O)(c1ccc(C(F)(F)F)cc1)[C@@]12CCC[C@@H](CO)C1COc1c(F)ccc(F)c12. The summed E-state index contributed by atoms with van der Waals surface area (Å²) in [5.74, 6) is -3.88. The summed E-state index contributed by atoms with van der Waals surface area (Å²) in [6, 6.07) is 4.60. The third-order valence-electron chi connectivity index (χ3n) is 6.39. The maximum Gasteiger partial charge on any atom is 0.416 e. The summed E-state index contributed by atoms with van der Waals surface area (Å²) in [7, 11) is -4.51. The molecule has 31 heavy (non-hydrogen) atoms. The topological polar surface area (TPSA) is 63.6 Å². The normalized spacial score (nSPS) is 26.0. The van der Waals surface area contributed by atoms with Crippen LogP contribution in [0.4, 0.5) is 22.0 Å². The molecular weight excluding hydrogens is 443 g/mol. The zero-order valence-electron chi connectivity index (χ0n) is 16.1. The van der Waals surface area contributed by atoms with Crippen molar-refractivity contribution in [1.82, 2.24) is 0 Å². The lowest BCUT2D eigenvalue weighted by molar-refractivity contribution is -0.137. The van der Waals surface area contributed by atoms with E-state index in [2.05, 4.69) is 0 Å². The fourth-order valence-corrected chi connectivity index (χ4v) is 7.38. The van der Waals surface area contributed by atoms with E-state index in [1.54, 1.807) is 0 Å². The largest absolute Gasteiger partial charge is 0.490 e. The Labute approximate surface area is 175 Å². The van der Waals surface area contributed by atoms with Crippen LogP contribution in [-0.4, -0.2) is 26.7 Å². The quantitative estimate of drug-likeness (QED) is 0.685. The number of aliphatic hydroxyl groups excluding tert-OH is 1. The average Bonchev–Trinajstić information content (AvgIpc) is 2.74. The zero-order valence-corrected chi connectivity index (χ0v) is 16.9. The van der Waals surface area contributed by atoms with Gasteiger partial charge in [0.2, 0.25) is 0 Å². The molecule has 0 aromatic heterocycles. The molecule has 0 radical (unpaired) electrons. The first-order chi connectivity index (χ1) is 14.5. The molecule has 2 aliphatic rings. The predicted molar refractivity (Wildman–Crippen MR) is 100 cm³/mol. The average molecular weight is 462 g/mol. The van der Waals surface area contributed by atoms with Gasteiger partial charge in [-0.3, -0.25) is 0 Å². The maximum atomic E-state index is 15.0. The summed E-state index contributed by atoms with van der Waals surface area (Å²) in [5, 5.41) is 9.84. The van der Waals surface area contributed by atoms with Crippen LogP contribution in [0.5, 0.6) is 5.75 Å². The van der Waals surface area contributed by atoms with Crippen LogP contribution in [0.1, 0.15) is 30.4 Å². The molecule has 1 saturated carbocycles. The van der Waals surface area contributed by atoms with Gasteiger partial charge in [0.05, 0.1) is 22.6 Å². The molecule has 1 aliphatic heterocycles. The second-order valence-corrected chi connectivity index (χ2v) is 10.1. The number of rotatable bonds is 3. The first-order valence-corrected chi connectivity index (χ1v) is 11.2. The highest BCUT2D eigenvalue weighted by Crippen LogP contribution is 2.58. The van der Waals surface area contributed by atoms with E-state index in [4.69, 9.17) is 4.74 Å². The monoisotopic (exact) mass is 462 g/mol. The van der Waals surface area contributed by atoms with Crippen LogP contribution >= 0.6 is 0 Å². The molecule has 10 heteroatoms. The van der Waals surface area contributed by atoms with Gasteiger partial charge in [-0.1, -0.05) is 6.42 Å². The maximum absolute atomic E-state index is 15.0. The number of sulfone groups is 1. The van der Waals surface area contributed by atoms with Crippen molar-refractivity contribution in [3.8, 4) is 5.75 Å². The summed E-state index contributed by atoms with van der Waals surface area (Å²) in [6.45, 7) is -0.650. The molecule has 0 amide bonds. The number of fused-ring (bicyclic) bond motifs is 3. The first kappa shape index (κ1) is 22.0. The minimum atomic E-state index is -4.66. The number of benzene rings is 2. The van der Waals surface area contributed by atoms with E-state index in [1.165, 1.54) is 0 Å². The van der Waals surface area contributed by atoms with Gasteiger partial charge in [0, 0.05) is 12.5 Å². The van der Waals surface area contributed by atoms with E-state index < -0.39 is 66.0 Å². The Morgan fingerprint density at radius 3 is 2.32 bits per heavy atom. The third-order valence-corrected chi connectivity index (χ3v) is 8.95. The lowest BCUT2D eigenvalue weighted by Crippen LogP contribution is -2.54. The molecular formula is C21H19F5O4S. The van der Waals surface area contributed by atoms with Crippen LogP contribution in [-0.2, 0) is 20.8 Å². The Kier molecular flexibility index (Phi) is 5.28. The van der Waals surface area contributed by atoms with Gasteiger partial charge in [0.1, 0.15) is 10.6 Å². The standard InChI is InChI=1S/C21H19F5O4S/c22-16-7-8-17(23)19-18(16)20(9-1-2-12(10-27)15(20)11-30-19)31(28,29)14-5-3-13(4-6-14)21(24,25)26/h3-8,12,15,27H,1-2,9-11H2/t12-,15?,20-/m0/s1. The Morgan fingerprint density at radius 2 is 1.71 bits per heavy atom. The second-order valence-electron chi connectivity index (χ2n) is 7.90. The van der Waals surface area contributed by atoms with Gasteiger partial charge in [-0.05, 0) is 55.2 Å². The fraction of sp³-hybridized carbons (Fsp3) is 0.429. The van der Waals surface area contributed by atoms with Crippen LogP contribution in [0.25, 0.3) is 0 Å². The van der Waals surface area contributed by atoms with Gasteiger partial charge in [-0.2, -0.15) is 13.2 Å². The second kappa shape index (κ2) is 7.44. The van der Waals surface area contributed by atoms with E-state index in [1.807, 2.05) is 0 Å². The van der Waals surface area contributed by atoms with Crippen LogP contribution < -0.4 is 4.74 Å². The number of hydrogen-bond donors (Lipinski definition) is 1. The fourth-order valence-electron chi connectivity index (χ4n) is 4.94. The molecule has 1 unspecified atom stereocenters. The van der Waals surface area contributed by atoms with E-state index in [0.29, 0.717) is 25.0 Å². The summed E-state index contributed by atoms with van der Waals surface area (Å²) >= 11 is 0. The van der Waals surface area contributed by atoms with Crippen LogP contribution in [0.15, 0.2) is 41.3 Å². The highest BCUT2D eigenvalue weighted by Gasteiger charge is 2.60. The van der Waals surface area contributed by atoms with Crippen molar-refractivity contribution >= 4 is 9.84 Å². The highest BCUT2D eigenvalue weighted by atomic mass is 32.2. The van der Waals surface area contributed by atoms with Crippen molar-refractivity contribution in [2.45, 2.75) is 35.1 Å². The van der Waals surface area contributed by atoms with Gasteiger partial charge >= 0.3 is 6.18 Å². The van der Waals surface area contributed by atoms with Crippen molar-refractivity contribution in [3.05, 3.63) is 59.2 Å². The summed E-state index contributed by atoms with van der Waals surface area (Å²) in [4.78, 5) is -0.430. The van der Waals surface area contributed by atoms with Crippen LogP contribution in [0.2, 0.25) is 0 Å². The van der Waals surface area contributed by atoms with Gasteiger partial charge in [0.25, 0.3) is 0 Å². The van der Waals surface area contributed by atoms with Crippen LogP contribution in [0.3, 0.4) is 0 Å². The molecule has 1 N–H and O–H groups in total. The molecule has 1 aliphatic carbocycles. The molecule has 0 spiro atoms. The molecule has 0 bridgehead atoms. The van der Waals surface area contributed by atoms with Gasteiger partial charge in [-0.25, -0.2) is 17.2 Å². The molecule has 168 valence electrons. The van der Waals surface area contributed by atoms with E-state index >= 15 is 4.39 Å². The Balaban J connectivity index is 1.97. The molecule has 1 heterocycles. The molecule has 3 atom stereocenters. The van der Waals surface area contributed by atoms with E-state index in [-0.39, 0.29) is 19.6 Å². The van der Waals surface area contributed by atoms with Gasteiger partial charge in [0.15, 0.2) is 21.4 Å². The first-order valence-electron chi connectivity index (χ1n) is 9.68. The molecule has 2 aromatic rings. The number of aliphatic hydroxyl groups is 1. The summed E-state index contributed by atoms with van der Waals surface area (Å²) < 4.78 is 99.6. The van der Waals surface area contributed by atoms with Crippen molar-refractivity contribution in [1.29, 1.82) is 0 Å². The summed E-state index contributed by atoms with van der Waals surface area (Å²) in [6.07, 6.45) is -3.97. The van der Waals surface area contributed by atoms with E-state index in [0.717, 1.165) is 24.3 Å². The number of alkyl halides is 3. The molecule has 0 saturated heterocycles. The van der Waals surface area contributed by atoms with Crippen molar-refractivity contribution in [2.75, 3.05) is 13.2 Å². The molecule has 2 aromatic carbocycles. The van der Waals surface area contributed by atoms with Gasteiger partial charge in [-0.15, -0.1) is 0 Å². The molecule has 1 fully saturated rings. The van der Waals surface area contributed by atoms with Gasteiger partial charge < -0.3 is 9.84 Å². The highest BCUT2D eigenvalue weighted by molar-refractivity contribution is 7.92.